The van der Waals surface area contributed by atoms with Crippen molar-refractivity contribution >= 4 is 17.6 Å². The fraction of sp³-hybridized carbons (Fsp3) is 0.333. The fourth-order valence-corrected chi connectivity index (χ4v) is 3.26. The molecule has 2 heterocycles. The number of aromatic nitrogens is 1. The minimum absolute atomic E-state index is 0.0143. The van der Waals surface area contributed by atoms with E-state index in [1.54, 1.807) is 6.20 Å². The van der Waals surface area contributed by atoms with E-state index in [1.165, 1.54) is 5.56 Å². The summed E-state index contributed by atoms with van der Waals surface area (Å²) in [4.78, 5) is 18.1. The van der Waals surface area contributed by atoms with Crippen molar-refractivity contribution in [2.24, 2.45) is 5.92 Å². The van der Waals surface area contributed by atoms with Crippen LogP contribution in [-0.4, -0.2) is 34.0 Å². The van der Waals surface area contributed by atoms with Crippen LogP contribution in [0.4, 0.5) is 0 Å². The van der Waals surface area contributed by atoms with Crippen LogP contribution in [0.25, 0.3) is 0 Å². The molecule has 0 saturated carbocycles. The summed E-state index contributed by atoms with van der Waals surface area (Å²) in [5.74, 6) is -1.10. The van der Waals surface area contributed by atoms with Gasteiger partial charge in [-0.15, -0.1) is 0 Å². The van der Waals surface area contributed by atoms with Gasteiger partial charge in [0.15, 0.2) is 0 Å². The molecule has 0 amide bonds. The second-order valence-corrected chi connectivity index (χ2v) is 6.56. The Balaban J connectivity index is 1.76. The van der Waals surface area contributed by atoms with Crippen molar-refractivity contribution < 1.29 is 9.90 Å². The molecule has 1 fully saturated rings. The number of nitrogens with zero attached hydrogens (tertiary/aromatic N) is 2. The number of carboxylic acid groups (broad SMARTS) is 1. The Morgan fingerprint density at radius 3 is 2.61 bits per heavy atom. The van der Waals surface area contributed by atoms with E-state index in [1.807, 2.05) is 43.3 Å². The van der Waals surface area contributed by atoms with E-state index in [-0.39, 0.29) is 11.8 Å². The molecule has 1 N–H and O–H groups in total. The first-order valence-corrected chi connectivity index (χ1v) is 8.03. The van der Waals surface area contributed by atoms with Crippen LogP contribution in [0.1, 0.15) is 22.7 Å². The summed E-state index contributed by atoms with van der Waals surface area (Å²) in [7, 11) is 0. The number of benzene rings is 1. The molecule has 23 heavy (non-hydrogen) atoms. The van der Waals surface area contributed by atoms with E-state index in [2.05, 4.69) is 9.88 Å². The molecule has 5 heteroatoms. The monoisotopic (exact) mass is 330 g/mol. The molecule has 120 valence electrons. The van der Waals surface area contributed by atoms with Crippen LogP contribution in [0.5, 0.6) is 0 Å². The molecular formula is C18H19ClN2O2. The molecular weight excluding hydrogens is 312 g/mol. The van der Waals surface area contributed by atoms with E-state index < -0.39 is 5.97 Å². The summed E-state index contributed by atoms with van der Waals surface area (Å²) in [5, 5.41) is 10.2. The average molecular weight is 331 g/mol. The normalized spacial score (nSPS) is 21.5. The number of hydrogen-bond acceptors (Lipinski definition) is 3. The van der Waals surface area contributed by atoms with E-state index in [0.29, 0.717) is 18.1 Å². The summed E-state index contributed by atoms with van der Waals surface area (Å²) < 4.78 is 0. The van der Waals surface area contributed by atoms with Crippen molar-refractivity contribution in [1.82, 2.24) is 9.88 Å². The molecule has 0 spiro atoms. The molecule has 0 bridgehead atoms. The van der Waals surface area contributed by atoms with E-state index >= 15 is 0 Å². The Morgan fingerprint density at radius 1 is 1.26 bits per heavy atom. The molecule has 1 aromatic heterocycles. The first-order valence-electron chi connectivity index (χ1n) is 7.65. The number of pyridine rings is 1. The molecule has 0 radical (unpaired) electrons. The van der Waals surface area contributed by atoms with Gasteiger partial charge in [-0.05, 0) is 24.6 Å². The van der Waals surface area contributed by atoms with E-state index in [9.17, 15) is 9.90 Å². The number of likely N-dealkylation sites (tertiary alicyclic amines) is 1. The topological polar surface area (TPSA) is 53.4 Å². The number of aryl methyl sites for hydroxylation is 1. The van der Waals surface area contributed by atoms with Crippen molar-refractivity contribution in [3.63, 3.8) is 0 Å². The van der Waals surface area contributed by atoms with Gasteiger partial charge < -0.3 is 5.11 Å². The highest BCUT2D eigenvalue weighted by molar-refractivity contribution is 6.30. The van der Waals surface area contributed by atoms with Gasteiger partial charge in [0.1, 0.15) is 0 Å². The molecule has 0 aliphatic carbocycles. The molecule has 1 aliphatic heterocycles. The Labute approximate surface area is 140 Å². The molecule has 3 rings (SSSR count). The standard InChI is InChI=1S/C18H19ClN2O2/c1-12-2-4-13(5-3-12)16-10-21(11-17(16)18(22)23)9-15-7-6-14(19)8-20-15/h2-8,16-17H,9-11H2,1H3,(H,22,23)/t16-,17+/m0/s1. The van der Waals surface area contributed by atoms with E-state index in [0.717, 1.165) is 17.8 Å². The smallest absolute Gasteiger partial charge is 0.308 e. The summed E-state index contributed by atoms with van der Waals surface area (Å²) in [6, 6.07) is 11.9. The van der Waals surface area contributed by atoms with Gasteiger partial charge in [0, 0.05) is 31.7 Å². The van der Waals surface area contributed by atoms with Gasteiger partial charge in [-0.2, -0.15) is 0 Å². The summed E-state index contributed by atoms with van der Waals surface area (Å²) in [6.45, 7) is 3.94. The lowest BCUT2D eigenvalue weighted by molar-refractivity contribution is -0.141. The van der Waals surface area contributed by atoms with Crippen LogP contribution < -0.4 is 0 Å². The highest BCUT2D eigenvalue weighted by Crippen LogP contribution is 2.33. The van der Waals surface area contributed by atoms with Crippen LogP contribution in [0.3, 0.4) is 0 Å². The highest BCUT2D eigenvalue weighted by atomic mass is 35.5. The maximum absolute atomic E-state index is 11.6. The fourth-order valence-electron chi connectivity index (χ4n) is 3.15. The molecule has 2 aromatic rings. The number of halogens is 1. The molecule has 1 aliphatic rings. The number of rotatable bonds is 4. The summed E-state index contributed by atoms with van der Waals surface area (Å²) >= 11 is 5.86. The summed E-state index contributed by atoms with van der Waals surface area (Å²) in [6.07, 6.45) is 1.62. The summed E-state index contributed by atoms with van der Waals surface area (Å²) in [5.41, 5.74) is 3.18. The number of carbonyl (C=O) groups is 1. The second kappa shape index (κ2) is 6.69. The third kappa shape index (κ3) is 3.71. The second-order valence-electron chi connectivity index (χ2n) is 6.12. The van der Waals surface area contributed by atoms with E-state index in [4.69, 9.17) is 11.6 Å². The Morgan fingerprint density at radius 2 is 2.00 bits per heavy atom. The third-order valence-electron chi connectivity index (χ3n) is 4.39. The lowest BCUT2D eigenvalue weighted by Crippen LogP contribution is -2.23. The number of carboxylic acids is 1. The van der Waals surface area contributed by atoms with Gasteiger partial charge in [0.2, 0.25) is 0 Å². The zero-order valence-electron chi connectivity index (χ0n) is 12.9. The first-order chi connectivity index (χ1) is 11.0. The molecule has 2 atom stereocenters. The predicted octanol–water partition coefficient (Wildman–Crippen LogP) is 3.34. The SMILES string of the molecule is Cc1ccc([C@@H]2CN(Cc3ccc(Cl)cn3)C[C@H]2C(=O)O)cc1. The lowest BCUT2D eigenvalue weighted by atomic mass is 9.89. The van der Waals surface area contributed by atoms with Crippen molar-refractivity contribution in [2.45, 2.75) is 19.4 Å². The van der Waals surface area contributed by atoms with Gasteiger partial charge in [-0.1, -0.05) is 41.4 Å². The minimum atomic E-state index is -0.734. The average Bonchev–Trinajstić information content (AvgIpc) is 2.94. The Kier molecular flexibility index (Phi) is 4.64. The van der Waals surface area contributed by atoms with Crippen LogP contribution in [-0.2, 0) is 11.3 Å². The first kappa shape index (κ1) is 16.0. The largest absolute Gasteiger partial charge is 0.481 e. The third-order valence-corrected chi connectivity index (χ3v) is 4.62. The van der Waals surface area contributed by atoms with Crippen LogP contribution in [0.15, 0.2) is 42.6 Å². The molecule has 0 unspecified atom stereocenters. The van der Waals surface area contributed by atoms with Crippen LogP contribution in [0, 0.1) is 12.8 Å². The van der Waals surface area contributed by atoms with Gasteiger partial charge in [0.05, 0.1) is 16.6 Å². The number of aliphatic carboxylic acids is 1. The number of hydrogen-bond donors (Lipinski definition) is 1. The molecule has 1 saturated heterocycles. The van der Waals surface area contributed by atoms with Gasteiger partial charge in [0.25, 0.3) is 0 Å². The zero-order valence-corrected chi connectivity index (χ0v) is 13.7. The highest BCUT2D eigenvalue weighted by Gasteiger charge is 2.38. The van der Waals surface area contributed by atoms with Crippen molar-refractivity contribution in [3.05, 3.63) is 64.4 Å². The Hall–Kier alpha value is -1.91. The van der Waals surface area contributed by atoms with Crippen molar-refractivity contribution in [2.75, 3.05) is 13.1 Å². The minimum Gasteiger partial charge on any atom is -0.481 e. The Bertz CT molecular complexity index is 685. The van der Waals surface area contributed by atoms with Crippen molar-refractivity contribution in [1.29, 1.82) is 0 Å². The molecule has 1 aromatic carbocycles. The predicted molar refractivity (Wildman–Crippen MR) is 89.6 cm³/mol. The quantitative estimate of drug-likeness (QED) is 0.934. The maximum Gasteiger partial charge on any atom is 0.308 e. The van der Waals surface area contributed by atoms with Crippen LogP contribution in [0.2, 0.25) is 5.02 Å². The molecule has 4 nitrogen and oxygen atoms in total. The van der Waals surface area contributed by atoms with Gasteiger partial charge in [-0.25, -0.2) is 0 Å². The van der Waals surface area contributed by atoms with Crippen molar-refractivity contribution in [3.8, 4) is 0 Å². The van der Waals surface area contributed by atoms with Gasteiger partial charge in [-0.3, -0.25) is 14.7 Å². The lowest BCUT2D eigenvalue weighted by Gasteiger charge is -2.16. The van der Waals surface area contributed by atoms with Crippen LogP contribution >= 0.6 is 11.6 Å². The zero-order chi connectivity index (χ0) is 16.4. The maximum atomic E-state index is 11.6. The van der Waals surface area contributed by atoms with Gasteiger partial charge >= 0.3 is 5.97 Å².